The van der Waals surface area contributed by atoms with E-state index < -0.39 is 5.97 Å². The molecule has 2 aromatic carbocycles. The largest absolute Gasteiger partial charge is 0.491 e. The Morgan fingerprint density at radius 1 is 1.15 bits per heavy atom. The molecule has 2 rings (SSSR count). The summed E-state index contributed by atoms with van der Waals surface area (Å²) in [4.78, 5) is 23.7. The van der Waals surface area contributed by atoms with Crippen LogP contribution in [0, 0.1) is 0 Å². The lowest BCUT2D eigenvalue weighted by Gasteiger charge is -2.14. The average molecular weight is 357 g/mol. The van der Waals surface area contributed by atoms with E-state index >= 15 is 0 Å². The molecule has 0 aliphatic heterocycles. The monoisotopic (exact) mass is 357 g/mol. The second-order valence-electron chi connectivity index (χ2n) is 6.16. The van der Waals surface area contributed by atoms with E-state index in [1.807, 2.05) is 38.1 Å². The predicted molar refractivity (Wildman–Crippen MR) is 98.7 cm³/mol. The number of carbonyl (C=O) groups is 2. The van der Waals surface area contributed by atoms with Crippen LogP contribution in [0.2, 0.25) is 0 Å². The molecular weight excluding hydrogens is 334 g/mol. The molecule has 0 bridgehead atoms. The fourth-order valence-corrected chi connectivity index (χ4v) is 2.53. The van der Waals surface area contributed by atoms with Gasteiger partial charge in [-0.3, -0.25) is 4.79 Å². The molecule has 2 aromatic rings. The van der Waals surface area contributed by atoms with Gasteiger partial charge in [-0.2, -0.15) is 0 Å². The predicted octanol–water partition coefficient (Wildman–Crippen LogP) is 3.50. The number of methoxy groups -OCH3 is 1. The van der Waals surface area contributed by atoms with Gasteiger partial charge in [0, 0.05) is 18.4 Å². The zero-order valence-corrected chi connectivity index (χ0v) is 15.1. The highest BCUT2D eigenvalue weighted by Gasteiger charge is 2.12. The molecule has 0 aromatic heterocycles. The van der Waals surface area contributed by atoms with E-state index in [9.17, 15) is 14.7 Å². The number of hydrogen-bond donors (Lipinski definition) is 2. The maximum Gasteiger partial charge on any atom is 0.335 e. The van der Waals surface area contributed by atoms with Crippen molar-refractivity contribution in [3.63, 3.8) is 0 Å². The van der Waals surface area contributed by atoms with Crippen LogP contribution in [-0.2, 0) is 22.6 Å². The average Bonchev–Trinajstić information content (AvgIpc) is 2.56. The van der Waals surface area contributed by atoms with Gasteiger partial charge in [-0.25, -0.2) is 4.79 Å². The van der Waals surface area contributed by atoms with Crippen molar-refractivity contribution in [1.29, 1.82) is 0 Å². The van der Waals surface area contributed by atoms with Gasteiger partial charge in [0.1, 0.15) is 5.75 Å². The summed E-state index contributed by atoms with van der Waals surface area (Å²) in [6.45, 7) is 4.10. The van der Waals surface area contributed by atoms with Crippen LogP contribution >= 0.6 is 0 Å². The smallest absolute Gasteiger partial charge is 0.335 e. The van der Waals surface area contributed by atoms with Crippen molar-refractivity contribution < 1.29 is 24.2 Å². The third-order valence-electron chi connectivity index (χ3n) is 3.52. The maximum atomic E-state index is 12.4. The normalized spacial score (nSPS) is 10.6. The Balaban J connectivity index is 2.16. The number of rotatable bonds is 8. The van der Waals surface area contributed by atoms with E-state index in [-0.39, 0.29) is 30.6 Å². The molecule has 0 spiro atoms. The summed E-state index contributed by atoms with van der Waals surface area (Å²) in [5.41, 5.74) is 1.96. The van der Waals surface area contributed by atoms with Gasteiger partial charge in [-0.15, -0.1) is 0 Å². The van der Waals surface area contributed by atoms with E-state index in [0.717, 1.165) is 5.56 Å². The Labute approximate surface area is 152 Å². The minimum atomic E-state index is -1.06. The fourth-order valence-electron chi connectivity index (χ4n) is 2.53. The second-order valence-corrected chi connectivity index (χ2v) is 6.16. The van der Waals surface area contributed by atoms with E-state index in [0.29, 0.717) is 17.0 Å². The summed E-state index contributed by atoms with van der Waals surface area (Å²) in [6.07, 6.45) is 0.128. The van der Waals surface area contributed by atoms with E-state index in [4.69, 9.17) is 9.47 Å². The number of carboxylic acids is 1. The van der Waals surface area contributed by atoms with Crippen LogP contribution in [0.4, 0.5) is 5.69 Å². The summed E-state index contributed by atoms with van der Waals surface area (Å²) in [6, 6.07) is 12.0. The number of benzene rings is 2. The third-order valence-corrected chi connectivity index (χ3v) is 3.52. The van der Waals surface area contributed by atoms with Gasteiger partial charge >= 0.3 is 5.97 Å². The van der Waals surface area contributed by atoms with Gasteiger partial charge in [0.15, 0.2) is 0 Å². The standard InChI is InChI=1S/C20H23NO5/c1-13(2)26-18-7-5-4-6-15(18)11-19(22)21-17-9-14(12-25-3)8-16(10-17)20(23)24/h4-10,13H,11-12H2,1-3H3,(H,21,22)(H,23,24). The Kier molecular flexibility index (Phi) is 6.74. The molecule has 0 heterocycles. The molecule has 0 radical (unpaired) electrons. The Morgan fingerprint density at radius 2 is 1.88 bits per heavy atom. The first kappa shape index (κ1) is 19.5. The molecule has 0 aliphatic carbocycles. The van der Waals surface area contributed by atoms with Crippen molar-refractivity contribution in [1.82, 2.24) is 0 Å². The van der Waals surface area contributed by atoms with Gasteiger partial charge < -0.3 is 19.9 Å². The molecule has 6 heteroatoms. The first-order valence-corrected chi connectivity index (χ1v) is 8.29. The van der Waals surface area contributed by atoms with Gasteiger partial charge in [0.05, 0.1) is 24.7 Å². The second kappa shape index (κ2) is 9.01. The molecule has 0 saturated heterocycles. The van der Waals surface area contributed by atoms with Crippen LogP contribution in [0.1, 0.15) is 35.3 Å². The molecule has 1 amide bonds. The minimum Gasteiger partial charge on any atom is -0.491 e. The van der Waals surface area contributed by atoms with Gasteiger partial charge in [0.25, 0.3) is 0 Å². The number of para-hydroxylation sites is 1. The van der Waals surface area contributed by atoms with Crippen LogP contribution in [0.5, 0.6) is 5.75 Å². The third kappa shape index (κ3) is 5.60. The van der Waals surface area contributed by atoms with Gasteiger partial charge in [-0.05, 0) is 43.7 Å². The molecule has 0 fully saturated rings. The zero-order valence-electron chi connectivity index (χ0n) is 15.1. The molecule has 138 valence electrons. The number of amides is 1. The summed E-state index contributed by atoms with van der Waals surface area (Å²) in [5, 5.41) is 12.0. The van der Waals surface area contributed by atoms with Crippen molar-refractivity contribution in [3.05, 3.63) is 59.2 Å². The van der Waals surface area contributed by atoms with Crippen molar-refractivity contribution >= 4 is 17.6 Å². The Morgan fingerprint density at radius 3 is 2.54 bits per heavy atom. The van der Waals surface area contributed by atoms with Crippen molar-refractivity contribution in [2.24, 2.45) is 0 Å². The van der Waals surface area contributed by atoms with Crippen LogP contribution in [0.15, 0.2) is 42.5 Å². The highest BCUT2D eigenvalue weighted by molar-refractivity contribution is 5.95. The summed E-state index contributed by atoms with van der Waals surface area (Å²) in [5.74, 6) is -0.651. The summed E-state index contributed by atoms with van der Waals surface area (Å²) in [7, 11) is 1.53. The highest BCUT2D eigenvalue weighted by Crippen LogP contribution is 2.21. The van der Waals surface area contributed by atoms with E-state index in [2.05, 4.69) is 5.32 Å². The van der Waals surface area contributed by atoms with Gasteiger partial charge in [-0.1, -0.05) is 18.2 Å². The van der Waals surface area contributed by atoms with Crippen molar-refractivity contribution in [2.75, 3.05) is 12.4 Å². The SMILES string of the molecule is COCc1cc(NC(=O)Cc2ccccc2OC(C)C)cc(C(=O)O)c1. The number of carboxylic acid groups (broad SMARTS) is 1. The summed E-state index contributed by atoms with van der Waals surface area (Å²) >= 11 is 0. The van der Waals surface area contributed by atoms with Crippen molar-refractivity contribution in [3.8, 4) is 5.75 Å². The first-order chi connectivity index (χ1) is 12.4. The lowest BCUT2D eigenvalue weighted by Crippen LogP contribution is -2.16. The summed E-state index contributed by atoms with van der Waals surface area (Å²) < 4.78 is 10.8. The lowest BCUT2D eigenvalue weighted by atomic mass is 10.1. The molecule has 0 saturated carbocycles. The van der Waals surface area contributed by atoms with Crippen molar-refractivity contribution in [2.45, 2.75) is 33.0 Å². The van der Waals surface area contributed by atoms with Crippen LogP contribution < -0.4 is 10.1 Å². The number of ether oxygens (including phenoxy) is 2. The number of carbonyl (C=O) groups excluding carboxylic acids is 1. The number of aromatic carboxylic acids is 1. The number of hydrogen-bond acceptors (Lipinski definition) is 4. The number of nitrogens with one attached hydrogen (secondary N) is 1. The Bertz CT molecular complexity index is 786. The van der Waals surface area contributed by atoms with E-state index in [1.54, 1.807) is 6.07 Å². The van der Waals surface area contributed by atoms with Crippen LogP contribution in [0.3, 0.4) is 0 Å². The quantitative estimate of drug-likeness (QED) is 0.755. The molecule has 2 N–H and O–H groups in total. The fraction of sp³-hybridized carbons (Fsp3) is 0.300. The lowest BCUT2D eigenvalue weighted by molar-refractivity contribution is -0.115. The van der Waals surface area contributed by atoms with Crippen LogP contribution in [-0.4, -0.2) is 30.2 Å². The molecule has 0 unspecified atom stereocenters. The molecule has 0 atom stereocenters. The van der Waals surface area contributed by atoms with Crippen LogP contribution in [0.25, 0.3) is 0 Å². The Hall–Kier alpha value is -2.86. The minimum absolute atomic E-state index is 0.00283. The maximum absolute atomic E-state index is 12.4. The molecule has 26 heavy (non-hydrogen) atoms. The van der Waals surface area contributed by atoms with Gasteiger partial charge in [0.2, 0.25) is 5.91 Å². The first-order valence-electron chi connectivity index (χ1n) is 8.29. The number of anilines is 1. The highest BCUT2D eigenvalue weighted by atomic mass is 16.5. The topological polar surface area (TPSA) is 84.9 Å². The molecule has 6 nitrogen and oxygen atoms in total. The molecule has 0 aliphatic rings. The molecular formula is C20H23NO5. The van der Waals surface area contributed by atoms with E-state index in [1.165, 1.54) is 19.2 Å². The zero-order chi connectivity index (χ0) is 19.1.